The number of amides is 1. The van der Waals surface area contributed by atoms with Gasteiger partial charge < -0.3 is 15.7 Å². The van der Waals surface area contributed by atoms with Crippen LogP contribution >= 0.6 is 23.5 Å². The van der Waals surface area contributed by atoms with Crippen molar-refractivity contribution < 1.29 is 9.90 Å². The van der Waals surface area contributed by atoms with E-state index in [1.807, 2.05) is 18.2 Å². The van der Waals surface area contributed by atoms with Gasteiger partial charge in [0.05, 0.1) is 18.3 Å². The zero-order valence-corrected chi connectivity index (χ0v) is 16.8. The van der Waals surface area contributed by atoms with Gasteiger partial charge in [-0.15, -0.1) is 0 Å². The lowest BCUT2D eigenvalue weighted by molar-refractivity contribution is -0.139. The van der Waals surface area contributed by atoms with Gasteiger partial charge in [-0.2, -0.15) is 5.10 Å². The molecular formula is C20H18ClN5O2S. The van der Waals surface area contributed by atoms with Crippen molar-refractivity contribution in [1.29, 1.82) is 0 Å². The number of carbonyl (C=O) groups excluding carboxylic acids is 1. The van der Waals surface area contributed by atoms with Gasteiger partial charge in [-0.05, 0) is 18.2 Å². The Labute approximate surface area is 176 Å². The average molecular weight is 428 g/mol. The monoisotopic (exact) mass is 427 g/mol. The minimum Gasteiger partial charge on any atom is -0.400 e. The molecule has 4 N–H and O–H groups in total. The summed E-state index contributed by atoms with van der Waals surface area (Å²) in [5.74, 6) is -0.443. The Kier molecular flexibility index (Phi) is 5.57. The third kappa shape index (κ3) is 4.14. The van der Waals surface area contributed by atoms with Crippen molar-refractivity contribution in [1.82, 2.24) is 15.1 Å². The lowest BCUT2D eigenvalue weighted by atomic mass is 10.1. The number of halogens is 1. The van der Waals surface area contributed by atoms with Crippen molar-refractivity contribution in [3.05, 3.63) is 70.5 Å². The molecule has 2 heterocycles. The fraction of sp³-hybridized carbons (Fsp3) is 0.150. The SMILES string of the molecule is NC1=C(/C=N/Sc2ccc3cn[nH]c3c2)CN(C(=O)C(O)c2ccccc2Cl)C1. The van der Waals surface area contributed by atoms with Gasteiger partial charge in [-0.3, -0.25) is 9.89 Å². The van der Waals surface area contributed by atoms with Crippen molar-refractivity contribution in [3.63, 3.8) is 0 Å². The number of aliphatic hydroxyl groups excluding tert-OH is 1. The molecule has 1 atom stereocenters. The van der Waals surface area contributed by atoms with Crippen LogP contribution in [0.1, 0.15) is 11.7 Å². The van der Waals surface area contributed by atoms with Gasteiger partial charge in [-0.25, -0.2) is 4.40 Å². The number of aromatic amines is 1. The number of benzene rings is 2. The lowest BCUT2D eigenvalue weighted by Gasteiger charge is -2.20. The number of hydrogen-bond acceptors (Lipinski definition) is 6. The van der Waals surface area contributed by atoms with Crippen LogP contribution in [0.2, 0.25) is 5.02 Å². The van der Waals surface area contributed by atoms with Crippen molar-refractivity contribution in [2.75, 3.05) is 13.1 Å². The predicted octanol–water partition coefficient (Wildman–Crippen LogP) is 3.08. The first-order valence-corrected chi connectivity index (χ1v) is 10.0. The van der Waals surface area contributed by atoms with Gasteiger partial charge in [-0.1, -0.05) is 35.9 Å². The van der Waals surface area contributed by atoms with Crippen LogP contribution in [0.4, 0.5) is 0 Å². The number of H-pyrrole nitrogens is 1. The molecule has 0 fully saturated rings. The Bertz CT molecular complexity index is 1130. The maximum atomic E-state index is 12.7. The average Bonchev–Trinajstić information content (AvgIpc) is 3.33. The molecule has 4 rings (SSSR count). The van der Waals surface area contributed by atoms with Crippen molar-refractivity contribution in [2.45, 2.75) is 11.0 Å². The van der Waals surface area contributed by atoms with Gasteiger partial charge in [0.15, 0.2) is 6.10 Å². The highest BCUT2D eigenvalue weighted by Crippen LogP contribution is 2.27. The summed E-state index contributed by atoms with van der Waals surface area (Å²) in [7, 11) is 0. The van der Waals surface area contributed by atoms with Crippen molar-refractivity contribution in [2.24, 2.45) is 10.1 Å². The first-order chi connectivity index (χ1) is 14.0. The second-order valence-electron chi connectivity index (χ2n) is 6.61. The molecule has 1 amide bonds. The summed E-state index contributed by atoms with van der Waals surface area (Å²) >= 11 is 7.39. The molecule has 0 aliphatic carbocycles. The molecule has 0 spiro atoms. The van der Waals surface area contributed by atoms with Crippen LogP contribution in [0.5, 0.6) is 0 Å². The molecule has 0 saturated carbocycles. The van der Waals surface area contributed by atoms with Gasteiger partial charge in [0.1, 0.15) is 0 Å². The molecule has 7 nitrogen and oxygen atoms in total. The summed E-state index contributed by atoms with van der Waals surface area (Å²) in [5.41, 5.74) is 8.70. The fourth-order valence-electron chi connectivity index (χ4n) is 3.08. The summed E-state index contributed by atoms with van der Waals surface area (Å²) in [6, 6.07) is 12.6. The summed E-state index contributed by atoms with van der Waals surface area (Å²) in [4.78, 5) is 15.1. The van der Waals surface area contributed by atoms with Crippen molar-refractivity contribution >= 4 is 46.6 Å². The highest BCUT2D eigenvalue weighted by molar-refractivity contribution is 7.98. The highest BCUT2D eigenvalue weighted by atomic mass is 35.5. The molecule has 0 saturated heterocycles. The number of aromatic nitrogens is 2. The number of rotatable bonds is 5. The first-order valence-electron chi connectivity index (χ1n) is 8.85. The quantitative estimate of drug-likeness (QED) is 0.428. The van der Waals surface area contributed by atoms with Crippen LogP contribution in [0.3, 0.4) is 0 Å². The molecule has 1 aromatic heterocycles. The normalized spacial score (nSPS) is 15.6. The van der Waals surface area contributed by atoms with E-state index in [0.717, 1.165) is 21.4 Å². The van der Waals surface area contributed by atoms with Crippen LogP contribution < -0.4 is 5.73 Å². The Balaban J connectivity index is 1.39. The second-order valence-corrected chi connectivity index (χ2v) is 7.89. The maximum absolute atomic E-state index is 12.7. The number of hydrogen-bond donors (Lipinski definition) is 3. The predicted molar refractivity (Wildman–Crippen MR) is 115 cm³/mol. The number of nitrogens with two attached hydrogens (primary N) is 1. The largest absolute Gasteiger partial charge is 0.400 e. The van der Waals surface area contributed by atoms with E-state index >= 15 is 0 Å². The van der Waals surface area contributed by atoms with E-state index in [1.165, 1.54) is 16.8 Å². The summed E-state index contributed by atoms with van der Waals surface area (Å²) in [6.07, 6.45) is 2.09. The van der Waals surface area contributed by atoms with Crippen LogP contribution in [0, 0.1) is 0 Å². The number of aliphatic hydroxyl groups is 1. The van der Waals surface area contributed by atoms with Gasteiger partial charge in [0, 0.05) is 56.8 Å². The number of nitrogens with one attached hydrogen (secondary N) is 1. The molecule has 29 heavy (non-hydrogen) atoms. The molecule has 1 aliphatic rings. The highest BCUT2D eigenvalue weighted by Gasteiger charge is 2.30. The maximum Gasteiger partial charge on any atom is 0.256 e. The van der Waals surface area contributed by atoms with Crippen molar-refractivity contribution in [3.8, 4) is 0 Å². The first kappa shape index (κ1) is 19.5. The van der Waals surface area contributed by atoms with E-state index in [1.54, 1.807) is 36.7 Å². The number of carbonyl (C=O) groups is 1. The minimum atomic E-state index is -1.33. The van der Waals surface area contributed by atoms with E-state index < -0.39 is 12.0 Å². The van der Waals surface area contributed by atoms with E-state index in [4.69, 9.17) is 17.3 Å². The van der Waals surface area contributed by atoms with Crippen LogP contribution in [-0.2, 0) is 4.79 Å². The number of nitrogens with zero attached hydrogens (tertiary/aromatic N) is 3. The van der Waals surface area contributed by atoms with E-state index in [0.29, 0.717) is 16.3 Å². The molecular weight excluding hydrogens is 410 g/mol. The van der Waals surface area contributed by atoms with Crippen LogP contribution in [-0.4, -0.2) is 45.4 Å². The van der Waals surface area contributed by atoms with Crippen LogP contribution in [0.25, 0.3) is 10.9 Å². The smallest absolute Gasteiger partial charge is 0.256 e. The van der Waals surface area contributed by atoms with Gasteiger partial charge in [0.2, 0.25) is 0 Å². The Hall–Kier alpha value is -2.81. The second kappa shape index (κ2) is 8.28. The molecule has 1 aliphatic heterocycles. The topological polar surface area (TPSA) is 108 Å². The third-order valence-electron chi connectivity index (χ3n) is 4.66. The number of fused-ring (bicyclic) bond motifs is 1. The summed E-state index contributed by atoms with van der Waals surface area (Å²) in [5, 5.41) is 18.7. The van der Waals surface area contributed by atoms with Crippen LogP contribution in [0.15, 0.2) is 69.2 Å². The third-order valence-corrected chi connectivity index (χ3v) is 5.68. The van der Waals surface area contributed by atoms with E-state index in [-0.39, 0.29) is 13.1 Å². The molecule has 9 heteroatoms. The Morgan fingerprint density at radius 3 is 3.00 bits per heavy atom. The lowest BCUT2D eigenvalue weighted by Crippen LogP contribution is -2.34. The van der Waals surface area contributed by atoms with E-state index in [9.17, 15) is 9.90 Å². The zero-order valence-electron chi connectivity index (χ0n) is 15.2. The van der Waals surface area contributed by atoms with Gasteiger partial charge >= 0.3 is 0 Å². The fourth-order valence-corrected chi connectivity index (χ4v) is 3.92. The Morgan fingerprint density at radius 1 is 1.34 bits per heavy atom. The standard InChI is InChI=1S/C20H18ClN5O2S/c21-16-4-2-1-3-15(16)19(27)20(28)26-10-13(17(22)11-26)9-24-29-14-6-5-12-8-23-25-18(12)7-14/h1-9,19,27H,10-11,22H2,(H,23,25)/b24-9+. The molecule has 148 valence electrons. The molecule has 2 aromatic carbocycles. The van der Waals surface area contributed by atoms with Gasteiger partial charge in [0.25, 0.3) is 5.91 Å². The summed E-state index contributed by atoms with van der Waals surface area (Å²) < 4.78 is 4.37. The summed E-state index contributed by atoms with van der Waals surface area (Å²) in [6.45, 7) is 0.530. The Morgan fingerprint density at radius 2 is 2.17 bits per heavy atom. The zero-order chi connectivity index (χ0) is 20.4. The molecule has 3 aromatic rings. The molecule has 1 unspecified atom stereocenters. The minimum absolute atomic E-state index is 0.243. The van der Waals surface area contributed by atoms with E-state index in [2.05, 4.69) is 14.6 Å². The molecule has 0 radical (unpaired) electrons. The molecule has 0 bridgehead atoms.